The van der Waals surface area contributed by atoms with Gasteiger partial charge in [-0.1, -0.05) is 33.6 Å². The summed E-state index contributed by atoms with van der Waals surface area (Å²) in [6.07, 6.45) is 4.85. The summed E-state index contributed by atoms with van der Waals surface area (Å²) in [5, 5.41) is 11.9. The molecule has 0 bridgehead atoms. The van der Waals surface area contributed by atoms with Crippen LogP contribution in [-0.2, 0) is 4.79 Å². The van der Waals surface area contributed by atoms with Crippen molar-refractivity contribution in [1.82, 2.24) is 5.32 Å². The summed E-state index contributed by atoms with van der Waals surface area (Å²) < 4.78 is 0. The summed E-state index contributed by atoms with van der Waals surface area (Å²) in [6, 6.07) is -0.0758. The molecule has 0 aromatic carbocycles. The van der Waals surface area contributed by atoms with Gasteiger partial charge < -0.3 is 10.4 Å². The third kappa shape index (κ3) is 5.78. The van der Waals surface area contributed by atoms with E-state index >= 15 is 0 Å². The van der Waals surface area contributed by atoms with Gasteiger partial charge in [0.1, 0.15) is 0 Å². The van der Waals surface area contributed by atoms with Crippen LogP contribution in [0.4, 0.5) is 0 Å². The quantitative estimate of drug-likeness (QED) is 0.651. The van der Waals surface area contributed by atoms with Gasteiger partial charge in [0.15, 0.2) is 0 Å². The Morgan fingerprint density at radius 2 is 1.93 bits per heavy atom. The molecule has 0 saturated heterocycles. The van der Waals surface area contributed by atoms with Crippen molar-refractivity contribution in [2.45, 2.75) is 58.9 Å². The molecule has 15 heavy (non-hydrogen) atoms. The van der Waals surface area contributed by atoms with Crippen LogP contribution in [0.3, 0.4) is 0 Å². The minimum Gasteiger partial charge on any atom is -0.394 e. The lowest BCUT2D eigenvalue weighted by atomic mass is 9.98. The van der Waals surface area contributed by atoms with Crippen molar-refractivity contribution >= 4 is 5.91 Å². The fourth-order valence-corrected chi connectivity index (χ4v) is 1.57. The van der Waals surface area contributed by atoms with Crippen molar-refractivity contribution in [3.05, 3.63) is 0 Å². The van der Waals surface area contributed by atoms with Gasteiger partial charge in [0.25, 0.3) is 0 Å². The predicted molar refractivity (Wildman–Crippen MR) is 62.6 cm³/mol. The van der Waals surface area contributed by atoms with Crippen LogP contribution in [0.5, 0.6) is 0 Å². The number of unbranched alkanes of at least 4 members (excludes halogenated alkanes) is 1. The highest BCUT2D eigenvalue weighted by Gasteiger charge is 2.18. The zero-order chi connectivity index (χ0) is 11.7. The molecular weight excluding hydrogens is 190 g/mol. The zero-order valence-corrected chi connectivity index (χ0v) is 10.3. The third-order valence-corrected chi connectivity index (χ3v) is 2.83. The van der Waals surface area contributed by atoms with Gasteiger partial charge in [0.05, 0.1) is 12.6 Å². The number of carbonyl (C=O) groups is 1. The maximum atomic E-state index is 11.8. The Labute approximate surface area is 93.3 Å². The van der Waals surface area contributed by atoms with E-state index in [1.807, 2.05) is 13.8 Å². The molecule has 90 valence electrons. The van der Waals surface area contributed by atoms with Gasteiger partial charge in [-0.15, -0.1) is 0 Å². The first-order chi connectivity index (χ1) is 7.19. The van der Waals surface area contributed by atoms with E-state index in [0.29, 0.717) is 0 Å². The first-order valence-corrected chi connectivity index (χ1v) is 6.10. The van der Waals surface area contributed by atoms with E-state index in [2.05, 4.69) is 12.2 Å². The Bertz CT molecular complexity index is 167. The van der Waals surface area contributed by atoms with E-state index in [4.69, 9.17) is 5.11 Å². The van der Waals surface area contributed by atoms with Crippen LogP contribution in [-0.4, -0.2) is 23.7 Å². The van der Waals surface area contributed by atoms with Gasteiger partial charge in [0, 0.05) is 5.92 Å². The fourth-order valence-electron chi connectivity index (χ4n) is 1.57. The Hall–Kier alpha value is -0.570. The number of hydrogen-bond acceptors (Lipinski definition) is 2. The van der Waals surface area contributed by atoms with Crippen LogP contribution in [0.1, 0.15) is 52.9 Å². The molecule has 0 saturated carbocycles. The van der Waals surface area contributed by atoms with Crippen molar-refractivity contribution < 1.29 is 9.90 Å². The molecule has 3 nitrogen and oxygen atoms in total. The Morgan fingerprint density at radius 3 is 2.33 bits per heavy atom. The number of aliphatic hydroxyl groups is 1. The van der Waals surface area contributed by atoms with E-state index in [9.17, 15) is 4.79 Å². The maximum Gasteiger partial charge on any atom is 0.223 e. The van der Waals surface area contributed by atoms with Crippen LogP contribution in [0, 0.1) is 5.92 Å². The van der Waals surface area contributed by atoms with Crippen molar-refractivity contribution in [2.24, 2.45) is 5.92 Å². The molecule has 0 rings (SSSR count). The zero-order valence-electron chi connectivity index (χ0n) is 10.3. The topological polar surface area (TPSA) is 49.3 Å². The first kappa shape index (κ1) is 14.4. The maximum absolute atomic E-state index is 11.8. The van der Waals surface area contributed by atoms with E-state index in [0.717, 1.165) is 32.1 Å². The third-order valence-electron chi connectivity index (χ3n) is 2.83. The van der Waals surface area contributed by atoms with Crippen molar-refractivity contribution in [3.63, 3.8) is 0 Å². The van der Waals surface area contributed by atoms with Crippen molar-refractivity contribution in [3.8, 4) is 0 Å². The van der Waals surface area contributed by atoms with Gasteiger partial charge in [-0.05, 0) is 19.3 Å². The molecule has 0 fully saturated rings. The van der Waals surface area contributed by atoms with Crippen LogP contribution in [0.2, 0.25) is 0 Å². The molecule has 0 aromatic rings. The average molecular weight is 215 g/mol. The van der Waals surface area contributed by atoms with Crippen LogP contribution in [0.25, 0.3) is 0 Å². The molecule has 0 aliphatic carbocycles. The predicted octanol–water partition coefficient (Wildman–Crippen LogP) is 2.09. The smallest absolute Gasteiger partial charge is 0.223 e. The Balaban J connectivity index is 4.02. The summed E-state index contributed by atoms with van der Waals surface area (Å²) in [7, 11) is 0. The summed E-state index contributed by atoms with van der Waals surface area (Å²) >= 11 is 0. The normalized spacial score (nSPS) is 14.7. The molecule has 1 unspecified atom stereocenters. The number of nitrogens with one attached hydrogen (secondary N) is 1. The summed E-state index contributed by atoms with van der Waals surface area (Å²) in [4.78, 5) is 11.8. The molecule has 0 aliphatic heterocycles. The fraction of sp³-hybridized carbons (Fsp3) is 0.917. The van der Waals surface area contributed by atoms with Gasteiger partial charge >= 0.3 is 0 Å². The largest absolute Gasteiger partial charge is 0.394 e. The van der Waals surface area contributed by atoms with E-state index < -0.39 is 0 Å². The number of amides is 1. The molecule has 0 heterocycles. The molecule has 0 aromatic heterocycles. The SMILES string of the molecule is CCCCC(CC)C(=O)N[C@@H](CC)CO. The standard InChI is InChI=1S/C12H25NO2/c1-4-7-8-10(5-2)12(15)13-11(6-3)9-14/h10-11,14H,4-9H2,1-3H3,(H,13,15)/t10?,11-/m0/s1. The highest BCUT2D eigenvalue weighted by molar-refractivity contribution is 5.78. The molecule has 0 spiro atoms. The molecule has 1 amide bonds. The second kappa shape index (κ2) is 8.72. The van der Waals surface area contributed by atoms with Crippen LogP contribution in [0.15, 0.2) is 0 Å². The van der Waals surface area contributed by atoms with E-state index in [1.165, 1.54) is 0 Å². The second-order valence-electron chi connectivity index (χ2n) is 4.04. The molecule has 0 aliphatic rings. The highest BCUT2D eigenvalue weighted by atomic mass is 16.3. The van der Waals surface area contributed by atoms with Gasteiger partial charge in [-0.3, -0.25) is 4.79 Å². The molecule has 0 radical (unpaired) electrons. The Morgan fingerprint density at radius 1 is 1.27 bits per heavy atom. The van der Waals surface area contributed by atoms with Crippen LogP contribution < -0.4 is 5.32 Å². The highest BCUT2D eigenvalue weighted by Crippen LogP contribution is 2.13. The molecule has 3 heteroatoms. The summed E-state index contributed by atoms with van der Waals surface area (Å²) in [6.45, 7) is 6.17. The minimum absolute atomic E-state index is 0.0342. The number of carbonyl (C=O) groups excluding carboxylic acids is 1. The second-order valence-corrected chi connectivity index (χ2v) is 4.04. The van der Waals surface area contributed by atoms with Gasteiger partial charge in [-0.25, -0.2) is 0 Å². The first-order valence-electron chi connectivity index (χ1n) is 6.10. The monoisotopic (exact) mass is 215 g/mol. The minimum atomic E-state index is -0.0758. The van der Waals surface area contributed by atoms with Gasteiger partial charge in [-0.2, -0.15) is 0 Å². The Kier molecular flexibility index (Phi) is 8.38. The molecular formula is C12H25NO2. The molecule has 2 atom stereocenters. The van der Waals surface area contributed by atoms with Crippen molar-refractivity contribution in [2.75, 3.05) is 6.61 Å². The van der Waals surface area contributed by atoms with E-state index in [-0.39, 0.29) is 24.5 Å². The van der Waals surface area contributed by atoms with Crippen LogP contribution >= 0.6 is 0 Å². The van der Waals surface area contributed by atoms with Gasteiger partial charge in [0.2, 0.25) is 5.91 Å². The number of hydrogen-bond donors (Lipinski definition) is 2. The lowest BCUT2D eigenvalue weighted by Crippen LogP contribution is -2.40. The average Bonchev–Trinajstić information content (AvgIpc) is 2.26. The lowest BCUT2D eigenvalue weighted by Gasteiger charge is -2.19. The number of aliphatic hydroxyl groups excluding tert-OH is 1. The summed E-state index contributed by atoms with van der Waals surface area (Å²) in [5.41, 5.74) is 0. The van der Waals surface area contributed by atoms with E-state index in [1.54, 1.807) is 0 Å². The number of rotatable bonds is 8. The lowest BCUT2D eigenvalue weighted by molar-refractivity contribution is -0.126. The van der Waals surface area contributed by atoms with Crippen molar-refractivity contribution in [1.29, 1.82) is 0 Å². The summed E-state index contributed by atoms with van der Waals surface area (Å²) in [5.74, 6) is 0.220. The molecule has 2 N–H and O–H groups in total.